The van der Waals surface area contributed by atoms with E-state index < -0.39 is 11.8 Å². The molecule has 1 amide bonds. The molecule has 1 N–H and O–H groups in total. The van der Waals surface area contributed by atoms with E-state index in [4.69, 9.17) is 4.42 Å². The first kappa shape index (κ1) is 15.6. The first-order valence-corrected chi connectivity index (χ1v) is 7.64. The van der Waals surface area contributed by atoms with Crippen molar-refractivity contribution in [3.8, 4) is 11.5 Å². The second-order valence-electron chi connectivity index (χ2n) is 5.97. The summed E-state index contributed by atoms with van der Waals surface area (Å²) in [5.41, 5.74) is 2.17. The topological polar surface area (TPSA) is 55.1 Å². The molecular formula is C17H18F2N2O2. The van der Waals surface area contributed by atoms with Crippen LogP contribution in [0.4, 0.5) is 14.5 Å². The van der Waals surface area contributed by atoms with E-state index in [1.165, 1.54) is 12.5 Å². The van der Waals surface area contributed by atoms with Crippen molar-refractivity contribution in [1.82, 2.24) is 4.98 Å². The predicted molar refractivity (Wildman–Crippen MR) is 82.2 cm³/mol. The summed E-state index contributed by atoms with van der Waals surface area (Å²) in [4.78, 5) is 16.2. The fourth-order valence-corrected chi connectivity index (χ4v) is 2.93. The molecule has 0 radical (unpaired) electrons. The molecule has 0 aliphatic heterocycles. The fraction of sp³-hybridized carbons (Fsp3) is 0.412. The largest absolute Gasteiger partial charge is 0.445 e. The van der Waals surface area contributed by atoms with Gasteiger partial charge in [-0.1, -0.05) is 6.07 Å². The highest BCUT2D eigenvalue weighted by atomic mass is 19.3. The van der Waals surface area contributed by atoms with E-state index in [1.807, 2.05) is 19.1 Å². The number of amides is 1. The first-order chi connectivity index (χ1) is 11.0. The lowest BCUT2D eigenvalue weighted by molar-refractivity contribution is -0.120. The highest BCUT2D eigenvalue weighted by molar-refractivity contribution is 5.92. The molecule has 6 heteroatoms. The van der Waals surface area contributed by atoms with E-state index in [0.29, 0.717) is 24.4 Å². The molecule has 0 saturated heterocycles. The van der Waals surface area contributed by atoms with Crippen LogP contribution in [0.3, 0.4) is 0 Å². The average Bonchev–Trinajstić information content (AvgIpc) is 3.12. The number of carbonyl (C=O) groups excluding carboxylic acids is 1. The number of oxazole rings is 1. The van der Waals surface area contributed by atoms with Gasteiger partial charge >= 0.3 is 0 Å². The molecule has 4 nitrogen and oxygen atoms in total. The number of benzene rings is 1. The summed E-state index contributed by atoms with van der Waals surface area (Å²) in [6.45, 7) is 1.85. The van der Waals surface area contributed by atoms with Crippen LogP contribution < -0.4 is 5.32 Å². The Hall–Kier alpha value is -2.24. The van der Waals surface area contributed by atoms with Gasteiger partial charge in [0.2, 0.25) is 11.8 Å². The molecule has 1 atom stereocenters. The van der Waals surface area contributed by atoms with Gasteiger partial charge in [0.1, 0.15) is 6.26 Å². The molecule has 2 aromatic rings. The van der Waals surface area contributed by atoms with Gasteiger partial charge in [-0.15, -0.1) is 0 Å². The molecular weight excluding hydrogens is 302 g/mol. The lowest BCUT2D eigenvalue weighted by Crippen LogP contribution is -2.26. The van der Waals surface area contributed by atoms with E-state index in [-0.39, 0.29) is 18.7 Å². The Bertz CT molecular complexity index is 699. The summed E-state index contributed by atoms with van der Waals surface area (Å²) in [5.74, 6) is -3.53. The maximum atomic E-state index is 13.6. The molecule has 1 unspecified atom stereocenters. The third-order valence-corrected chi connectivity index (χ3v) is 4.28. The van der Waals surface area contributed by atoms with E-state index in [2.05, 4.69) is 10.3 Å². The second-order valence-corrected chi connectivity index (χ2v) is 5.97. The normalized spacial score (nSPS) is 19.7. The maximum absolute atomic E-state index is 13.6. The highest BCUT2D eigenvalue weighted by Crippen LogP contribution is 2.42. The van der Waals surface area contributed by atoms with Crippen LogP contribution in [-0.4, -0.2) is 16.8 Å². The van der Waals surface area contributed by atoms with Crippen LogP contribution in [-0.2, 0) is 4.79 Å². The van der Waals surface area contributed by atoms with Gasteiger partial charge < -0.3 is 9.73 Å². The molecule has 0 bridgehead atoms. The molecule has 3 rings (SSSR count). The van der Waals surface area contributed by atoms with Crippen molar-refractivity contribution < 1.29 is 18.0 Å². The van der Waals surface area contributed by atoms with Gasteiger partial charge in [0.15, 0.2) is 0 Å². The van der Waals surface area contributed by atoms with E-state index in [1.54, 1.807) is 6.07 Å². The van der Waals surface area contributed by atoms with Crippen LogP contribution in [0.15, 0.2) is 35.1 Å². The van der Waals surface area contributed by atoms with E-state index >= 15 is 0 Å². The van der Waals surface area contributed by atoms with Crippen molar-refractivity contribution in [2.24, 2.45) is 5.92 Å². The van der Waals surface area contributed by atoms with Crippen molar-refractivity contribution in [2.45, 2.75) is 38.5 Å². The summed E-state index contributed by atoms with van der Waals surface area (Å²) < 4.78 is 32.5. The van der Waals surface area contributed by atoms with E-state index in [0.717, 1.165) is 11.1 Å². The zero-order valence-corrected chi connectivity index (χ0v) is 12.8. The number of rotatable bonds is 4. The number of hydrogen-bond donors (Lipinski definition) is 1. The van der Waals surface area contributed by atoms with Gasteiger partial charge in [-0.05, 0) is 37.5 Å². The monoisotopic (exact) mass is 320 g/mol. The zero-order chi connectivity index (χ0) is 16.4. The van der Waals surface area contributed by atoms with Gasteiger partial charge in [-0.2, -0.15) is 0 Å². The molecule has 0 spiro atoms. The summed E-state index contributed by atoms with van der Waals surface area (Å²) in [5, 5.41) is 2.74. The molecule has 1 fully saturated rings. The SMILES string of the molecule is Cc1ccc(-c2ncco2)cc1NC(=O)CC1CCCC1(F)F. The van der Waals surface area contributed by atoms with Crippen molar-refractivity contribution >= 4 is 11.6 Å². The predicted octanol–water partition coefficient (Wildman–Crippen LogP) is 4.41. The molecule has 122 valence electrons. The Morgan fingerprint density at radius 3 is 2.96 bits per heavy atom. The lowest BCUT2D eigenvalue weighted by Gasteiger charge is -2.18. The standard InChI is InChI=1S/C17H18F2N2O2/c1-11-4-5-12(16-20-7-8-23-16)9-14(11)21-15(22)10-13-3-2-6-17(13,18)19/h4-5,7-9,13H,2-3,6,10H2,1H3,(H,21,22). The van der Waals surface area contributed by atoms with Crippen LogP contribution in [0.2, 0.25) is 0 Å². The molecule has 1 aromatic heterocycles. The van der Waals surface area contributed by atoms with Gasteiger partial charge in [-0.25, -0.2) is 13.8 Å². The molecule has 1 saturated carbocycles. The molecule has 1 heterocycles. The number of nitrogens with zero attached hydrogens (tertiary/aromatic N) is 1. The Labute approximate surface area is 132 Å². The minimum Gasteiger partial charge on any atom is -0.445 e. The Morgan fingerprint density at radius 2 is 2.30 bits per heavy atom. The smallest absolute Gasteiger partial charge is 0.251 e. The Kier molecular flexibility index (Phi) is 4.15. The van der Waals surface area contributed by atoms with E-state index in [9.17, 15) is 13.6 Å². The summed E-state index contributed by atoms with van der Waals surface area (Å²) in [6.07, 6.45) is 3.60. The van der Waals surface area contributed by atoms with Crippen molar-refractivity contribution in [1.29, 1.82) is 0 Å². The maximum Gasteiger partial charge on any atom is 0.251 e. The number of nitrogens with one attached hydrogen (secondary N) is 1. The molecule has 1 aliphatic rings. The Balaban J connectivity index is 1.72. The van der Waals surface area contributed by atoms with Crippen molar-refractivity contribution in [3.63, 3.8) is 0 Å². The summed E-state index contributed by atoms with van der Waals surface area (Å²) in [6, 6.07) is 5.41. The molecule has 1 aromatic carbocycles. The third-order valence-electron chi connectivity index (χ3n) is 4.28. The number of carbonyl (C=O) groups is 1. The van der Waals surface area contributed by atoms with Crippen molar-refractivity contribution in [3.05, 3.63) is 36.2 Å². The van der Waals surface area contributed by atoms with Crippen LogP contribution in [0.1, 0.15) is 31.2 Å². The minimum absolute atomic E-state index is 0.121. The average molecular weight is 320 g/mol. The van der Waals surface area contributed by atoms with Gasteiger partial charge in [0, 0.05) is 30.0 Å². The van der Waals surface area contributed by atoms with Crippen LogP contribution in [0.25, 0.3) is 11.5 Å². The Morgan fingerprint density at radius 1 is 1.48 bits per heavy atom. The van der Waals surface area contributed by atoms with Gasteiger partial charge in [0.25, 0.3) is 5.92 Å². The number of alkyl halides is 2. The van der Waals surface area contributed by atoms with Crippen LogP contribution >= 0.6 is 0 Å². The van der Waals surface area contributed by atoms with Gasteiger partial charge in [0.05, 0.1) is 6.20 Å². The zero-order valence-electron chi connectivity index (χ0n) is 12.8. The van der Waals surface area contributed by atoms with Crippen LogP contribution in [0, 0.1) is 12.8 Å². The third kappa shape index (κ3) is 3.41. The molecule has 1 aliphatic carbocycles. The number of hydrogen-bond acceptors (Lipinski definition) is 3. The highest BCUT2D eigenvalue weighted by Gasteiger charge is 2.44. The number of aromatic nitrogens is 1. The molecule has 23 heavy (non-hydrogen) atoms. The summed E-state index contributed by atoms with van der Waals surface area (Å²) >= 11 is 0. The first-order valence-electron chi connectivity index (χ1n) is 7.64. The van der Waals surface area contributed by atoms with Crippen molar-refractivity contribution in [2.75, 3.05) is 5.32 Å². The number of aryl methyl sites for hydroxylation is 1. The number of anilines is 1. The lowest BCUT2D eigenvalue weighted by atomic mass is 10.00. The summed E-state index contributed by atoms with van der Waals surface area (Å²) in [7, 11) is 0. The van der Waals surface area contributed by atoms with Gasteiger partial charge in [-0.3, -0.25) is 4.79 Å². The quantitative estimate of drug-likeness (QED) is 0.907. The fourth-order valence-electron chi connectivity index (χ4n) is 2.93. The van der Waals surface area contributed by atoms with Crippen LogP contribution in [0.5, 0.6) is 0 Å². The number of halogens is 2. The minimum atomic E-state index is -2.73. The second kappa shape index (κ2) is 6.10.